The molecule has 0 aliphatic carbocycles. The lowest BCUT2D eigenvalue weighted by atomic mass is 9.97. The highest BCUT2D eigenvalue weighted by molar-refractivity contribution is 5.78. The Kier molecular flexibility index (Phi) is 3.64. The van der Waals surface area contributed by atoms with Crippen LogP contribution < -0.4 is 10.6 Å². The van der Waals surface area contributed by atoms with Gasteiger partial charge in [0.1, 0.15) is 11.5 Å². The second-order valence-corrected chi connectivity index (χ2v) is 4.58. The van der Waals surface area contributed by atoms with E-state index in [0.29, 0.717) is 25.9 Å². The lowest BCUT2D eigenvalue weighted by molar-refractivity contribution is -0.384. The molecule has 1 aliphatic heterocycles. The van der Waals surface area contributed by atoms with Gasteiger partial charge in [0.05, 0.1) is 10.8 Å². The summed E-state index contributed by atoms with van der Waals surface area (Å²) < 4.78 is 13.3. The molecule has 1 heterocycles. The smallest absolute Gasteiger partial charge is 0.292 e. The quantitative estimate of drug-likeness (QED) is 0.662. The first-order chi connectivity index (χ1) is 8.99. The number of nitrogens with two attached hydrogens (primary N) is 1. The van der Waals surface area contributed by atoms with Crippen LogP contribution in [0.3, 0.4) is 0 Å². The van der Waals surface area contributed by atoms with Gasteiger partial charge in [-0.05, 0) is 18.9 Å². The van der Waals surface area contributed by atoms with Crippen molar-refractivity contribution in [2.24, 2.45) is 11.7 Å². The molecule has 1 aromatic rings. The Labute approximate surface area is 109 Å². The second-order valence-electron chi connectivity index (χ2n) is 4.58. The van der Waals surface area contributed by atoms with E-state index in [2.05, 4.69) is 0 Å². The van der Waals surface area contributed by atoms with Crippen molar-refractivity contribution in [1.29, 1.82) is 0 Å². The van der Waals surface area contributed by atoms with Gasteiger partial charge in [-0.15, -0.1) is 0 Å². The van der Waals surface area contributed by atoms with Gasteiger partial charge >= 0.3 is 0 Å². The fourth-order valence-electron chi connectivity index (χ4n) is 2.33. The monoisotopic (exact) mass is 267 g/mol. The van der Waals surface area contributed by atoms with Crippen molar-refractivity contribution in [3.63, 3.8) is 0 Å². The molecule has 1 atom stereocenters. The number of primary amides is 1. The Bertz CT molecular complexity index is 521. The predicted molar refractivity (Wildman–Crippen MR) is 67.2 cm³/mol. The Morgan fingerprint density at radius 3 is 2.89 bits per heavy atom. The van der Waals surface area contributed by atoms with E-state index in [1.165, 1.54) is 0 Å². The highest BCUT2D eigenvalue weighted by Crippen LogP contribution is 2.32. The van der Waals surface area contributed by atoms with Crippen LogP contribution in [0.15, 0.2) is 18.2 Å². The molecule has 2 rings (SSSR count). The van der Waals surface area contributed by atoms with Crippen molar-refractivity contribution in [1.82, 2.24) is 0 Å². The number of nitro benzene ring substituents is 1. The number of nitro groups is 1. The van der Waals surface area contributed by atoms with Crippen LogP contribution in [-0.2, 0) is 4.79 Å². The SMILES string of the molecule is NC(=O)C1CCCN(c2cc(F)ccc2[N+](=O)[O-])C1. The van der Waals surface area contributed by atoms with Crippen LogP contribution in [0, 0.1) is 21.8 Å². The number of anilines is 1. The van der Waals surface area contributed by atoms with Gasteiger partial charge in [-0.25, -0.2) is 4.39 Å². The Balaban J connectivity index is 2.32. The van der Waals surface area contributed by atoms with E-state index < -0.39 is 16.6 Å². The molecule has 1 unspecified atom stereocenters. The van der Waals surface area contributed by atoms with Crippen molar-refractivity contribution >= 4 is 17.3 Å². The Hall–Kier alpha value is -2.18. The number of nitrogens with zero attached hydrogens (tertiary/aromatic N) is 2. The Morgan fingerprint density at radius 2 is 2.26 bits per heavy atom. The molecule has 0 saturated carbocycles. The predicted octanol–water partition coefficient (Wildman–Crippen LogP) is 1.44. The molecule has 6 nitrogen and oxygen atoms in total. The van der Waals surface area contributed by atoms with E-state index in [1.54, 1.807) is 4.90 Å². The first-order valence-electron chi connectivity index (χ1n) is 5.97. The highest BCUT2D eigenvalue weighted by Gasteiger charge is 2.28. The largest absolute Gasteiger partial charge is 0.369 e. The van der Waals surface area contributed by atoms with Crippen LogP contribution in [-0.4, -0.2) is 23.9 Å². The summed E-state index contributed by atoms with van der Waals surface area (Å²) in [6, 6.07) is 3.32. The number of halogens is 1. The van der Waals surface area contributed by atoms with Gasteiger partial charge in [-0.1, -0.05) is 0 Å². The van der Waals surface area contributed by atoms with Gasteiger partial charge in [0.15, 0.2) is 0 Å². The molecule has 7 heteroatoms. The van der Waals surface area contributed by atoms with Crippen LogP contribution in [0.25, 0.3) is 0 Å². The molecule has 1 aliphatic rings. The lowest BCUT2D eigenvalue weighted by Crippen LogP contribution is -2.41. The first-order valence-corrected chi connectivity index (χ1v) is 5.97. The second kappa shape index (κ2) is 5.21. The van der Waals surface area contributed by atoms with Crippen molar-refractivity contribution < 1.29 is 14.1 Å². The van der Waals surface area contributed by atoms with Crippen molar-refractivity contribution in [3.05, 3.63) is 34.1 Å². The van der Waals surface area contributed by atoms with Crippen molar-refractivity contribution in [3.8, 4) is 0 Å². The van der Waals surface area contributed by atoms with Crippen LogP contribution >= 0.6 is 0 Å². The molecule has 1 fully saturated rings. The molecule has 2 N–H and O–H groups in total. The standard InChI is InChI=1S/C12H14FN3O3/c13-9-3-4-10(16(18)19)11(6-9)15-5-1-2-8(7-15)12(14)17/h3-4,6,8H,1-2,5,7H2,(H2,14,17). The molecular weight excluding hydrogens is 253 g/mol. The summed E-state index contributed by atoms with van der Waals surface area (Å²) in [5.41, 5.74) is 5.31. The zero-order chi connectivity index (χ0) is 14.0. The van der Waals surface area contributed by atoms with Crippen LogP contribution in [0.1, 0.15) is 12.8 Å². The number of hydrogen-bond donors (Lipinski definition) is 1. The van der Waals surface area contributed by atoms with Gasteiger partial charge < -0.3 is 10.6 Å². The summed E-state index contributed by atoms with van der Waals surface area (Å²) in [7, 11) is 0. The minimum Gasteiger partial charge on any atom is -0.369 e. The maximum Gasteiger partial charge on any atom is 0.292 e. The third kappa shape index (κ3) is 2.81. The van der Waals surface area contributed by atoms with Crippen molar-refractivity contribution in [2.45, 2.75) is 12.8 Å². The molecule has 102 valence electrons. The number of carbonyl (C=O) groups excluding carboxylic acids is 1. The number of piperidine rings is 1. The van der Waals surface area contributed by atoms with Crippen LogP contribution in [0.5, 0.6) is 0 Å². The molecule has 1 aromatic carbocycles. The summed E-state index contributed by atoms with van der Waals surface area (Å²) >= 11 is 0. The molecule has 0 radical (unpaired) electrons. The zero-order valence-corrected chi connectivity index (χ0v) is 10.2. The zero-order valence-electron chi connectivity index (χ0n) is 10.2. The van der Waals surface area contributed by atoms with E-state index in [4.69, 9.17) is 5.73 Å². The van der Waals surface area contributed by atoms with E-state index in [0.717, 1.165) is 18.2 Å². The topological polar surface area (TPSA) is 89.5 Å². The molecule has 1 saturated heterocycles. The van der Waals surface area contributed by atoms with E-state index in [9.17, 15) is 19.3 Å². The maximum absolute atomic E-state index is 13.3. The summed E-state index contributed by atoms with van der Waals surface area (Å²) in [6.45, 7) is 0.841. The average molecular weight is 267 g/mol. The van der Waals surface area contributed by atoms with Gasteiger partial charge in [-0.3, -0.25) is 14.9 Å². The lowest BCUT2D eigenvalue weighted by Gasteiger charge is -2.32. The third-order valence-electron chi connectivity index (χ3n) is 3.30. The van der Waals surface area contributed by atoms with E-state index >= 15 is 0 Å². The minimum atomic E-state index is -0.553. The summed E-state index contributed by atoms with van der Waals surface area (Å²) in [5.74, 6) is -1.32. The number of amides is 1. The van der Waals surface area contributed by atoms with Crippen LogP contribution in [0.4, 0.5) is 15.8 Å². The molecule has 19 heavy (non-hydrogen) atoms. The number of hydrogen-bond acceptors (Lipinski definition) is 4. The van der Waals surface area contributed by atoms with Gasteiger partial charge in [0.2, 0.25) is 5.91 Å². The summed E-state index contributed by atoms with van der Waals surface area (Å²) in [5, 5.41) is 11.0. The molecule has 0 bridgehead atoms. The van der Waals surface area contributed by atoms with Crippen molar-refractivity contribution in [2.75, 3.05) is 18.0 Å². The molecule has 0 aromatic heterocycles. The minimum absolute atomic E-state index is 0.161. The van der Waals surface area contributed by atoms with Gasteiger partial charge in [0, 0.05) is 25.2 Å². The fraction of sp³-hybridized carbons (Fsp3) is 0.417. The number of benzene rings is 1. The van der Waals surface area contributed by atoms with Gasteiger partial charge in [0.25, 0.3) is 5.69 Å². The highest BCUT2D eigenvalue weighted by atomic mass is 19.1. The third-order valence-corrected chi connectivity index (χ3v) is 3.30. The molecular formula is C12H14FN3O3. The average Bonchev–Trinajstić information content (AvgIpc) is 2.38. The summed E-state index contributed by atoms with van der Waals surface area (Å²) in [4.78, 5) is 23.3. The summed E-state index contributed by atoms with van der Waals surface area (Å²) in [6.07, 6.45) is 1.36. The fourth-order valence-corrected chi connectivity index (χ4v) is 2.33. The maximum atomic E-state index is 13.3. The number of rotatable bonds is 3. The first kappa shape index (κ1) is 13.3. The molecule has 0 spiro atoms. The Morgan fingerprint density at radius 1 is 1.53 bits per heavy atom. The van der Waals surface area contributed by atoms with Gasteiger partial charge in [-0.2, -0.15) is 0 Å². The van der Waals surface area contributed by atoms with E-state index in [1.807, 2.05) is 0 Å². The van der Waals surface area contributed by atoms with Crippen LogP contribution in [0.2, 0.25) is 0 Å². The molecule has 1 amide bonds. The number of carbonyl (C=O) groups is 1. The van der Waals surface area contributed by atoms with E-state index in [-0.39, 0.29) is 17.3 Å². The normalized spacial score (nSPS) is 19.2.